The summed E-state index contributed by atoms with van der Waals surface area (Å²) in [6, 6.07) is 49.7. The van der Waals surface area contributed by atoms with Crippen LogP contribution in [0.15, 0.2) is 140 Å². The van der Waals surface area contributed by atoms with Gasteiger partial charge >= 0.3 is 0 Å². The van der Waals surface area contributed by atoms with Gasteiger partial charge in [-0.1, -0.05) is 121 Å². The third kappa shape index (κ3) is 3.26. The smallest absolute Gasteiger partial charge is 0.121 e. The highest BCUT2D eigenvalue weighted by atomic mass is 15.5. The Bertz CT molecular complexity index is 2430. The summed E-state index contributed by atoms with van der Waals surface area (Å²) < 4.78 is 0. The minimum absolute atomic E-state index is 0.882. The van der Waals surface area contributed by atoms with E-state index in [1.165, 1.54) is 48.8 Å². The van der Waals surface area contributed by atoms with Crippen LogP contribution in [0.4, 0.5) is 0 Å². The van der Waals surface area contributed by atoms with E-state index in [1.807, 2.05) is 4.80 Å². The molecule has 0 aliphatic heterocycles. The Morgan fingerprint density at radius 1 is 0.366 bits per heavy atom. The fourth-order valence-electron chi connectivity index (χ4n) is 6.55. The van der Waals surface area contributed by atoms with Crippen LogP contribution in [0.5, 0.6) is 0 Å². The van der Waals surface area contributed by atoms with Crippen molar-refractivity contribution < 1.29 is 0 Å². The number of nitrogens with zero attached hydrogens (tertiary/aromatic N) is 3. The van der Waals surface area contributed by atoms with E-state index in [9.17, 15) is 0 Å². The Morgan fingerprint density at radius 2 is 0.829 bits per heavy atom. The van der Waals surface area contributed by atoms with Crippen molar-refractivity contribution >= 4 is 64.9 Å². The van der Waals surface area contributed by atoms with Gasteiger partial charge in [-0.2, -0.15) is 0 Å². The van der Waals surface area contributed by atoms with Crippen molar-refractivity contribution in [1.29, 1.82) is 0 Å². The molecule has 0 aliphatic rings. The summed E-state index contributed by atoms with van der Waals surface area (Å²) in [5.74, 6) is 0. The lowest BCUT2D eigenvalue weighted by Gasteiger charge is -2.13. The number of hydrogen-bond donors (Lipinski definition) is 0. The Labute approximate surface area is 235 Å². The van der Waals surface area contributed by atoms with Crippen molar-refractivity contribution in [2.75, 3.05) is 0 Å². The molecule has 1 aromatic heterocycles. The van der Waals surface area contributed by atoms with Crippen LogP contribution in [-0.4, -0.2) is 15.0 Å². The largest absolute Gasteiger partial charge is 0.149 e. The highest BCUT2D eigenvalue weighted by molar-refractivity contribution is 6.19. The highest BCUT2D eigenvalue weighted by Crippen LogP contribution is 2.40. The number of benzene rings is 8. The molecule has 41 heavy (non-hydrogen) atoms. The average Bonchev–Trinajstić information content (AvgIpc) is 3.47. The van der Waals surface area contributed by atoms with Crippen LogP contribution in [0.3, 0.4) is 0 Å². The molecule has 3 heteroatoms. The molecule has 0 radical (unpaired) electrons. The first-order valence-corrected chi connectivity index (χ1v) is 13.9. The van der Waals surface area contributed by atoms with Gasteiger partial charge in [0.1, 0.15) is 16.7 Å². The molecule has 9 rings (SSSR count). The van der Waals surface area contributed by atoms with E-state index in [2.05, 4.69) is 140 Å². The molecule has 0 saturated heterocycles. The van der Waals surface area contributed by atoms with Gasteiger partial charge in [0.15, 0.2) is 0 Å². The molecule has 0 unspecified atom stereocenters. The normalized spacial score (nSPS) is 11.9. The standard InChI is InChI=1S/C38H23N3/c1-4-14-27-26(13-1)22-34(31-18-8-7-17-30(27)31)35-23-36-37(33-20-10-9-19-32(33)35)40-41(39-36)38-28-15-5-2-11-24(28)21-25-12-3-6-16-29(25)38/h1-23H. The van der Waals surface area contributed by atoms with E-state index in [1.54, 1.807) is 0 Å². The first-order chi connectivity index (χ1) is 20.3. The molecule has 0 saturated carbocycles. The lowest BCUT2D eigenvalue weighted by Crippen LogP contribution is -2.01. The highest BCUT2D eigenvalue weighted by Gasteiger charge is 2.18. The van der Waals surface area contributed by atoms with E-state index >= 15 is 0 Å². The van der Waals surface area contributed by atoms with Crippen LogP contribution in [0, 0.1) is 0 Å². The molecule has 1 heterocycles. The summed E-state index contributed by atoms with van der Waals surface area (Å²) in [6.07, 6.45) is 0. The molecular weight excluding hydrogens is 498 g/mol. The Morgan fingerprint density at radius 3 is 1.49 bits per heavy atom. The van der Waals surface area contributed by atoms with Gasteiger partial charge in [0.05, 0.1) is 0 Å². The molecule has 8 aromatic carbocycles. The molecule has 0 atom stereocenters. The minimum atomic E-state index is 0.882. The summed E-state index contributed by atoms with van der Waals surface area (Å²) in [4.78, 5) is 1.85. The molecule has 0 aliphatic carbocycles. The van der Waals surface area contributed by atoms with Gasteiger partial charge in [-0.15, -0.1) is 15.0 Å². The maximum absolute atomic E-state index is 5.17. The van der Waals surface area contributed by atoms with E-state index < -0.39 is 0 Å². The first kappa shape index (κ1) is 22.3. The van der Waals surface area contributed by atoms with Crippen LogP contribution in [0.1, 0.15) is 0 Å². The van der Waals surface area contributed by atoms with Crippen molar-refractivity contribution in [2.24, 2.45) is 0 Å². The molecule has 190 valence electrons. The van der Waals surface area contributed by atoms with Gasteiger partial charge in [-0.3, -0.25) is 0 Å². The third-order valence-corrected chi connectivity index (χ3v) is 8.39. The molecule has 0 spiro atoms. The number of fused-ring (bicyclic) bond motifs is 8. The van der Waals surface area contributed by atoms with Crippen molar-refractivity contribution in [3.63, 3.8) is 0 Å². The topological polar surface area (TPSA) is 30.7 Å². The second-order valence-electron chi connectivity index (χ2n) is 10.7. The van der Waals surface area contributed by atoms with Gasteiger partial charge in [-0.05, 0) is 67.0 Å². The molecule has 9 aromatic rings. The quantitative estimate of drug-likeness (QED) is 0.167. The van der Waals surface area contributed by atoms with Crippen molar-refractivity contribution in [3.05, 3.63) is 140 Å². The number of hydrogen-bond acceptors (Lipinski definition) is 2. The Kier molecular flexibility index (Phi) is 4.61. The molecule has 0 fully saturated rings. The third-order valence-electron chi connectivity index (χ3n) is 8.39. The summed E-state index contributed by atoms with van der Waals surface area (Å²) >= 11 is 0. The predicted octanol–water partition coefficient (Wildman–Crippen LogP) is 9.85. The lowest BCUT2D eigenvalue weighted by atomic mass is 9.90. The minimum Gasteiger partial charge on any atom is -0.149 e. The summed E-state index contributed by atoms with van der Waals surface area (Å²) in [5, 5.41) is 22.2. The van der Waals surface area contributed by atoms with Crippen molar-refractivity contribution in [2.45, 2.75) is 0 Å². The SMILES string of the molecule is c1ccc2c(-n3nc4cc(-c5cc6ccccc6c6ccccc56)c5ccccc5c4n3)c3ccccc3cc2c1. The Balaban J connectivity index is 1.39. The van der Waals surface area contributed by atoms with Gasteiger partial charge in [0.25, 0.3) is 0 Å². The zero-order valence-electron chi connectivity index (χ0n) is 22.1. The summed E-state index contributed by atoms with van der Waals surface area (Å²) in [7, 11) is 0. The van der Waals surface area contributed by atoms with Crippen LogP contribution in [-0.2, 0) is 0 Å². The van der Waals surface area contributed by atoms with E-state index in [0.29, 0.717) is 0 Å². The number of aromatic nitrogens is 3. The van der Waals surface area contributed by atoms with E-state index in [4.69, 9.17) is 10.2 Å². The van der Waals surface area contributed by atoms with Crippen molar-refractivity contribution in [1.82, 2.24) is 15.0 Å². The van der Waals surface area contributed by atoms with Crippen molar-refractivity contribution in [3.8, 4) is 16.8 Å². The van der Waals surface area contributed by atoms with Crippen LogP contribution in [0.25, 0.3) is 81.7 Å². The zero-order valence-corrected chi connectivity index (χ0v) is 22.1. The first-order valence-electron chi connectivity index (χ1n) is 13.9. The van der Waals surface area contributed by atoms with Gasteiger partial charge < -0.3 is 0 Å². The van der Waals surface area contributed by atoms with Gasteiger partial charge in [0.2, 0.25) is 0 Å². The fraction of sp³-hybridized carbons (Fsp3) is 0. The second-order valence-corrected chi connectivity index (χ2v) is 10.7. The average molecular weight is 522 g/mol. The van der Waals surface area contributed by atoms with E-state index in [-0.39, 0.29) is 0 Å². The predicted molar refractivity (Wildman–Crippen MR) is 172 cm³/mol. The summed E-state index contributed by atoms with van der Waals surface area (Å²) in [5.41, 5.74) is 5.18. The molecule has 0 N–H and O–H groups in total. The number of rotatable bonds is 2. The van der Waals surface area contributed by atoms with E-state index in [0.717, 1.165) is 32.9 Å². The monoisotopic (exact) mass is 521 g/mol. The maximum atomic E-state index is 5.17. The fourth-order valence-corrected chi connectivity index (χ4v) is 6.55. The lowest BCUT2D eigenvalue weighted by molar-refractivity contribution is 0.777. The van der Waals surface area contributed by atoms with Gasteiger partial charge in [0, 0.05) is 16.2 Å². The van der Waals surface area contributed by atoms with Gasteiger partial charge in [-0.25, -0.2) is 0 Å². The molecule has 3 nitrogen and oxygen atoms in total. The van der Waals surface area contributed by atoms with Crippen LogP contribution in [0.2, 0.25) is 0 Å². The zero-order chi connectivity index (χ0) is 26.9. The molecular formula is C38H23N3. The second kappa shape index (κ2) is 8.48. The van der Waals surface area contributed by atoms with Crippen LogP contribution >= 0.6 is 0 Å². The Hall–Kier alpha value is -5.54. The maximum Gasteiger partial charge on any atom is 0.121 e. The molecule has 0 amide bonds. The molecule has 0 bridgehead atoms. The van der Waals surface area contributed by atoms with Crippen LogP contribution < -0.4 is 0 Å². The summed E-state index contributed by atoms with van der Waals surface area (Å²) in [6.45, 7) is 0.